The van der Waals surface area contributed by atoms with Crippen LogP contribution in [-0.4, -0.2) is 17.8 Å². The second kappa shape index (κ2) is 8.89. The van der Waals surface area contributed by atoms with Crippen molar-refractivity contribution in [3.8, 4) is 0 Å². The highest BCUT2D eigenvalue weighted by Gasteiger charge is 2.06. The van der Waals surface area contributed by atoms with E-state index in [2.05, 4.69) is 31.2 Å². The lowest BCUT2D eigenvalue weighted by Gasteiger charge is -2.12. The van der Waals surface area contributed by atoms with E-state index in [0.29, 0.717) is 25.0 Å². The highest BCUT2D eigenvalue weighted by Crippen LogP contribution is 2.08. The van der Waals surface area contributed by atoms with Gasteiger partial charge in [-0.25, -0.2) is 0 Å². The smallest absolute Gasteiger partial charge is 0.0717 e. The lowest BCUT2D eigenvalue weighted by molar-refractivity contribution is 0.103. The van der Waals surface area contributed by atoms with Crippen molar-refractivity contribution in [2.75, 3.05) is 6.61 Å². The van der Waals surface area contributed by atoms with Crippen molar-refractivity contribution < 1.29 is 9.84 Å². The van der Waals surface area contributed by atoms with Crippen LogP contribution in [0.2, 0.25) is 0 Å². The first-order valence-corrected chi connectivity index (χ1v) is 7.06. The number of aliphatic hydroxyl groups is 1. The maximum atomic E-state index is 9.68. The molecule has 19 heavy (non-hydrogen) atoms. The van der Waals surface area contributed by atoms with Crippen molar-refractivity contribution >= 4 is 0 Å². The largest absolute Gasteiger partial charge is 0.393 e. The molecule has 0 amide bonds. The maximum Gasteiger partial charge on any atom is 0.0717 e. The monoisotopic (exact) mass is 262 g/mol. The molecule has 2 nitrogen and oxygen atoms in total. The normalized spacial score (nSPS) is 15.0. The third-order valence-corrected chi connectivity index (χ3v) is 3.10. The van der Waals surface area contributed by atoms with E-state index in [1.807, 2.05) is 32.0 Å². The number of hydrogen-bond acceptors (Lipinski definition) is 2. The first-order valence-electron chi connectivity index (χ1n) is 7.06. The van der Waals surface area contributed by atoms with Gasteiger partial charge in [-0.05, 0) is 23.8 Å². The molecule has 0 fully saturated rings. The standard InChI is InChI=1S/C17H26O2/c1-14(2)17(18)11-7-8-15(3)12-19-13-16-9-5-4-6-10-16/h4-10,14-15,17-18H,11-13H2,1-3H3/b8-7+/t15-,17-/m1/s1. The van der Waals surface area contributed by atoms with Crippen LogP contribution in [-0.2, 0) is 11.3 Å². The molecule has 0 spiro atoms. The fraction of sp³-hybridized carbons (Fsp3) is 0.529. The minimum absolute atomic E-state index is 0.242. The van der Waals surface area contributed by atoms with Crippen molar-refractivity contribution in [3.05, 3.63) is 48.0 Å². The molecule has 0 aliphatic carbocycles. The Morgan fingerprint density at radius 3 is 2.47 bits per heavy atom. The summed E-state index contributed by atoms with van der Waals surface area (Å²) in [5.41, 5.74) is 1.20. The van der Waals surface area contributed by atoms with Gasteiger partial charge in [-0.2, -0.15) is 0 Å². The molecule has 0 aliphatic rings. The van der Waals surface area contributed by atoms with Crippen molar-refractivity contribution in [2.45, 2.75) is 39.9 Å². The summed E-state index contributed by atoms with van der Waals surface area (Å²) < 4.78 is 5.67. The zero-order chi connectivity index (χ0) is 14.1. The van der Waals surface area contributed by atoms with Gasteiger partial charge in [-0.15, -0.1) is 0 Å². The summed E-state index contributed by atoms with van der Waals surface area (Å²) in [5, 5.41) is 9.68. The molecule has 1 aromatic rings. The Morgan fingerprint density at radius 1 is 1.16 bits per heavy atom. The molecule has 0 bridgehead atoms. The van der Waals surface area contributed by atoms with Gasteiger partial charge in [-0.1, -0.05) is 63.3 Å². The molecule has 0 aliphatic heterocycles. The van der Waals surface area contributed by atoms with Gasteiger partial charge >= 0.3 is 0 Å². The fourth-order valence-corrected chi connectivity index (χ4v) is 1.71. The highest BCUT2D eigenvalue weighted by atomic mass is 16.5. The third kappa shape index (κ3) is 7.14. The topological polar surface area (TPSA) is 29.5 Å². The van der Waals surface area contributed by atoms with Crippen molar-refractivity contribution in [1.29, 1.82) is 0 Å². The molecule has 106 valence electrons. The van der Waals surface area contributed by atoms with Crippen LogP contribution in [0.5, 0.6) is 0 Å². The molecule has 1 N–H and O–H groups in total. The van der Waals surface area contributed by atoms with E-state index in [1.165, 1.54) is 5.56 Å². The number of benzene rings is 1. The van der Waals surface area contributed by atoms with E-state index in [4.69, 9.17) is 4.74 Å². The summed E-state index contributed by atoms with van der Waals surface area (Å²) in [6, 6.07) is 10.2. The number of aliphatic hydroxyl groups excluding tert-OH is 1. The Balaban J connectivity index is 2.17. The molecule has 0 saturated carbocycles. The molecule has 1 rings (SSSR count). The minimum atomic E-state index is -0.242. The van der Waals surface area contributed by atoms with Crippen LogP contribution in [0.4, 0.5) is 0 Å². The van der Waals surface area contributed by atoms with Crippen LogP contribution in [0, 0.1) is 11.8 Å². The Hall–Kier alpha value is -1.12. The SMILES string of the molecule is CC(C)[C@H](O)C/C=C/[C@@H](C)COCc1ccccc1. The zero-order valence-corrected chi connectivity index (χ0v) is 12.3. The molecule has 0 saturated heterocycles. The first kappa shape index (κ1) is 15.9. The number of rotatable bonds is 8. The van der Waals surface area contributed by atoms with Crippen LogP contribution in [0.3, 0.4) is 0 Å². The molecular formula is C17H26O2. The highest BCUT2D eigenvalue weighted by molar-refractivity contribution is 5.13. The molecule has 2 heteroatoms. The number of ether oxygens (including phenoxy) is 1. The molecule has 1 aromatic carbocycles. The van der Waals surface area contributed by atoms with Crippen molar-refractivity contribution in [2.24, 2.45) is 11.8 Å². The van der Waals surface area contributed by atoms with Gasteiger partial charge in [0.05, 0.1) is 19.3 Å². The van der Waals surface area contributed by atoms with Crippen LogP contribution in [0.25, 0.3) is 0 Å². The van der Waals surface area contributed by atoms with Crippen molar-refractivity contribution in [3.63, 3.8) is 0 Å². The fourth-order valence-electron chi connectivity index (χ4n) is 1.71. The first-order chi connectivity index (χ1) is 9.09. The summed E-state index contributed by atoms with van der Waals surface area (Å²) in [7, 11) is 0. The van der Waals surface area contributed by atoms with Crippen LogP contribution < -0.4 is 0 Å². The second-order valence-electron chi connectivity index (χ2n) is 5.45. The van der Waals surface area contributed by atoms with E-state index >= 15 is 0 Å². The average Bonchev–Trinajstić information content (AvgIpc) is 2.39. The van der Waals surface area contributed by atoms with Crippen molar-refractivity contribution in [1.82, 2.24) is 0 Å². The predicted octanol–water partition coefficient (Wildman–Crippen LogP) is 3.80. The molecule has 2 atom stereocenters. The summed E-state index contributed by atoms with van der Waals surface area (Å²) >= 11 is 0. The minimum Gasteiger partial charge on any atom is -0.393 e. The van der Waals surface area contributed by atoms with Gasteiger partial charge < -0.3 is 9.84 Å². The molecule has 0 heterocycles. The Labute approximate surface area is 117 Å². The zero-order valence-electron chi connectivity index (χ0n) is 12.3. The quantitative estimate of drug-likeness (QED) is 0.722. The average molecular weight is 262 g/mol. The summed E-state index contributed by atoms with van der Waals surface area (Å²) in [6.07, 6.45) is 4.66. The van der Waals surface area contributed by atoms with Gasteiger partial charge in [0.25, 0.3) is 0 Å². The van der Waals surface area contributed by atoms with Gasteiger partial charge in [0.15, 0.2) is 0 Å². The van der Waals surface area contributed by atoms with Crippen LogP contribution >= 0.6 is 0 Å². The van der Waals surface area contributed by atoms with Gasteiger partial charge in [0.2, 0.25) is 0 Å². The van der Waals surface area contributed by atoms with E-state index < -0.39 is 0 Å². The van der Waals surface area contributed by atoms with E-state index in [-0.39, 0.29) is 6.10 Å². The van der Waals surface area contributed by atoms with Crippen LogP contribution in [0.15, 0.2) is 42.5 Å². The van der Waals surface area contributed by atoms with Gasteiger partial charge in [0.1, 0.15) is 0 Å². The maximum absolute atomic E-state index is 9.68. The van der Waals surface area contributed by atoms with E-state index in [1.54, 1.807) is 0 Å². The molecule has 0 aromatic heterocycles. The second-order valence-corrected chi connectivity index (χ2v) is 5.45. The molecular weight excluding hydrogens is 236 g/mol. The molecule has 0 unspecified atom stereocenters. The Kier molecular flexibility index (Phi) is 7.46. The predicted molar refractivity (Wildman–Crippen MR) is 79.9 cm³/mol. The summed E-state index contributed by atoms with van der Waals surface area (Å²) in [4.78, 5) is 0. The van der Waals surface area contributed by atoms with Gasteiger partial charge in [-0.3, -0.25) is 0 Å². The van der Waals surface area contributed by atoms with E-state index in [0.717, 1.165) is 6.42 Å². The summed E-state index contributed by atoms with van der Waals surface area (Å²) in [6.45, 7) is 7.57. The lowest BCUT2D eigenvalue weighted by Crippen LogP contribution is -2.13. The van der Waals surface area contributed by atoms with E-state index in [9.17, 15) is 5.11 Å². The number of hydrogen-bond donors (Lipinski definition) is 1. The summed E-state index contributed by atoms with van der Waals surface area (Å²) in [5.74, 6) is 0.692. The Morgan fingerprint density at radius 2 is 1.84 bits per heavy atom. The Bertz CT molecular complexity index is 357. The third-order valence-electron chi connectivity index (χ3n) is 3.10. The molecule has 0 radical (unpaired) electrons. The van der Waals surface area contributed by atoms with Gasteiger partial charge in [0, 0.05) is 0 Å². The lowest BCUT2D eigenvalue weighted by atomic mass is 10.0. The van der Waals surface area contributed by atoms with Crippen LogP contribution in [0.1, 0.15) is 32.8 Å².